The predicted octanol–water partition coefficient (Wildman–Crippen LogP) is 0.404. The van der Waals surface area contributed by atoms with Crippen LogP contribution in [0.15, 0.2) is 0 Å². The first-order chi connectivity index (χ1) is 8.16. The maximum atomic E-state index is 11.8. The summed E-state index contributed by atoms with van der Waals surface area (Å²) in [4.78, 5) is 23.9. The van der Waals surface area contributed by atoms with Crippen LogP contribution in [-0.2, 0) is 4.79 Å². The van der Waals surface area contributed by atoms with Crippen molar-refractivity contribution in [3.8, 4) is 0 Å². The number of nitrogens with zero attached hydrogens (tertiary/aromatic N) is 4. The molecule has 1 aromatic rings. The second kappa shape index (κ2) is 5.04. The van der Waals surface area contributed by atoms with E-state index in [0.717, 1.165) is 24.4 Å². The lowest BCUT2D eigenvalue weighted by Gasteiger charge is -2.20. The van der Waals surface area contributed by atoms with E-state index in [2.05, 4.69) is 20.1 Å². The van der Waals surface area contributed by atoms with Crippen molar-refractivity contribution in [2.75, 3.05) is 11.9 Å². The highest BCUT2D eigenvalue weighted by atomic mass is 32.1. The highest BCUT2D eigenvalue weighted by Gasteiger charge is 2.33. The van der Waals surface area contributed by atoms with Crippen LogP contribution in [-0.4, -0.2) is 49.4 Å². The van der Waals surface area contributed by atoms with E-state index < -0.39 is 5.97 Å². The van der Waals surface area contributed by atoms with Crippen LogP contribution >= 0.6 is 11.5 Å². The van der Waals surface area contributed by atoms with Crippen LogP contribution in [0.2, 0.25) is 0 Å². The average Bonchev–Trinajstić information content (AvgIpc) is 2.97. The molecule has 1 saturated carbocycles. The van der Waals surface area contributed by atoms with Crippen LogP contribution in [0.3, 0.4) is 0 Å². The molecule has 0 aromatic carbocycles. The summed E-state index contributed by atoms with van der Waals surface area (Å²) < 4.78 is 3.52. The second-order valence-electron chi connectivity index (χ2n) is 3.67. The van der Waals surface area contributed by atoms with Gasteiger partial charge < -0.3 is 10.0 Å². The summed E-state index contributed by atoms with van der Waals surface area (Å²) in [6, 6.07) is -0.192. The fraction of sp³-hybridized carbons (Fsp3) is 0.625. The summed E-state index contributed by atoms with van der Waals surface area (Å²) in [6.45, 7) is 0.206. The summed E-state index contributed by atoms with van der Waals surface area (Å²) in [5.74, 6) is -0.916. The molecule has 0 unspecified atom stereocenters. The second-order valence-corrected chi connectivity index (χ2v) is 4.40. The molecule has 2 rings (SSSR count). The van der Waals surface area contributed by atoms with E-state index in [1.165, 1.54) is 4.90 Å². The van der Waals surface area contributed by atoms with Crippen LogP contribution < -0.4 is 5.32 Å². The first kappa shape index (κ1) is 11.7. The first-order valence-corrected chi connectivity index (χ1v) is 5.88. The Labute approximate surface area is 101 Å². The van der Waals surface area contributed by atoms with Crippen molar-refractivity contribution in [3.05, 3.63) is 0 Å². The van der Waals surface area contributed by atoms with E-state index in [0.29, 0.717) is 5.13 Å². The maximum absolute atomic E-state index is 11.8. The Hall–Kier alpha value is -1.77. The van der Waals surface area contributed by atoms with Gasteiger partial charge in [-0.15, -0.1) is 0 Å². The molecule has 0 radical (unpaired) electrons. The molecular formula is C8H11N5O3S. The van der Waals surface area contributed by atoms with Crippen molar-refractivity contribution in [2.24, 2.45) is 0 Å². The quantitative estimate of drug-likeness (QED) is 0.790. The molecule has 8 nitrogen and oxygen atoms in total. The SMILES string of the molecule is O=C(O)CCN(C(=O)Nc1nnns1)C1CC1. The van der Waals surface area contributed by atoms with E-state index in [1.54, 1.807) is 0 Å². The van der Waals surface area contributed by atoms with Crippen molar-refractivity contribution >= 4 is 28.7 Å². The maximum Gasteiger partial charge on any atom is 0.323 e. The van der Waals surface area contributed by atoms with Gasteiger partial charge in [-0.1, -0.05) is 9.59 Å². The number of amides is 2. The molecule has 2 amide bonds. The van der Waals surface area contributed by atoms with Gasteiger partial charge in [0.05, 0.1) is 6.42 Å². The van der Waals surface area contributed by atoms with Gasteiger partial charge in [-0.2, -0.15) is 0 Å². The summed E-state index contributed by atoms with van der Waals surface area (Å²) in [6.07, 6.45) is 1.78. The molecule has 0 atom stereocenters. The fourth-order valence-corrected chi connectivity index (χ4v) is 1.75. The Morgan fingerprint density at radius 1 is 1.53 bits per heavy atom. The molecule has 0 spiro atoms. The van der Waals surface area contributed by atoms with Crippen molar-refractivity contribution in [3.63, 3.8) is 0 Å². The van der Waals surface area contributed by atoms with E-state index >= 15 is 0 Å². The van der Waals surface area contributed by atoms with E-state index in [1.807, 2.05) is 0 Å². The molecule has 92 valence electrons. The fourth-order valence-electron chi connectivity index (χ4n) is 1.40. The number of hydrogen-bond acceptors (Lipinski definition) is 6. The van der Waals surface area contributed by atoms with Crippen molar-refractivity contribution in [1.82, 2.24) is 19.7 Å². The number of carboxylic acid groups (broad SMARTS) is 1. The number of carbonyl (C=O) groups is 2. The normalized spacial score (nSPS) is 14.4. The van der Waals surface area contributed by atoms with Crippen LogP contribution in [0.5, 0.6) is 0 Å². The molecule has 17 heavy (non-hydrogen) atoms. The lowest BCUT2D eigenvalue weighted by Crippen LogP contribution is -2.38. The Kier molecular flexibility index (Phi) is 3.47. The van der Waals surface area contributed by atoms with Gasteiger partial charge >= 0.3 is 12.0 Å². The Morgan fingerprint density at radius 3 is 2.82 bits per heavy atom. The number of aromatic nitrogens is 3. The third-order valence-corrected chi connectivity index (χ3v) is 2.84. The zero-order chi connectivity index (χ0) is 12.3. The largest absolute Gasteiger partial charge is 0.481 e. The lowest BCUT2D eigenvalue weighted by atomic mass is 10.4. The number of anilines is 1. The molecular weight excluding hydrogens is 246 g/mol. The summed E-state index contributed by atoms with van der Waals surface area (Å²) in [5.41, 5.74) is 0. The van der Waals surface area contributed by atoms with E-state index in [-0.39, 0.29) is 25.0 Å². The zero-order valence-corrected chi connectivity index (χ0v) is 9.68. The molecule has 1 aliphatic rings. The van der Waals surface area contributed by atoms with Crippen molar-refractivity contribution in [1.29, 1.82) is 0 Å². The predicted molar refractivity (Wildman–Crippen MR) is 58.7 cm³/mol. The zero-order valence-electron chi connectivity index (χ0n) is 8.87. The van der Waals surface area contributed by atoms with Gasteiger partial charge in [-0.05, 0) is 18.1 Å². The Morgan fingerprint density at radius 2 is 2.29 bits per heavy atom. The van der Waals surface area contributed by atoms with Gasteiger partial charge in [0.2, 0.25) is 5.13 Å². The van der Waals surface area contributed by atoms with E-state index in [9.17, 15) is 9.59 Å². The van der Waals surface area contributed by atoms with E-state index in [4.69, 9.17) is 5.11 Å². The lowest BCUT2D eigenvalue weighted by molar-refractivity contribution is -0.137. The molecule has 1 aliphatic carbocycles. The number of urea groups is 1. The first-order valence-electron chi connectivity index (χ1n) is 5.11. The van der Waals surface area contributed by atoms with Gasteiger partial charge in [0.15, 0.2) is 0 Å². The third kappa shape index (κ3) is 3.34. The number of hydrogen-bond donors (Lipinski definition) is 2. The Bertz CT molecular complexity index is 405. The highest BCUT2D eigenvalue weighted by Crippen LogP contribution is 2.27. The van der Waals surface area contributed by atoms with Crippen molar-refractivity contribution in [2.45, 2.75) is 25.3 Å². The van der Waals surface area contributed by atoms with Gasteiger partial charge in [-0.25, -0.2) is 4.79 Å². The Balaban J connectivity index is 1.91. The number of aliphatic carboxylic acids is 1. The smallest absolute Gasteiger partial charge is 0.323 e. The number of carboxylic acids is 1. The molecule has 9 heteroatoms. The number of rotatable bonds is 5. The minimum absolute atomic E-state index is 0.0573. The topological polar surface area (TPSA) is 108 Å². The van der Waals surface area contributed by atoms with Crippen LogP contribution in [0.25, 0.3) is 0 Å². The van der Waals surface area contributed by atoms with Crippen LogP contribution in [0.4, 0.5) is 9.93 Å². The molecule has 1 fully saturated rings. The standard InChI is InChI=1S/C8H11N5O3S/c14-6(15)3-4-13(5-1-2-5)8(16)9-7-10-11-12-17-7/h5H,1-4H2,(H,14,15)(H,9,10,12,16). The molecule has 1 heterocycles. The third-order valence-electron chi connectivity index (χ3n) is 2.33. The summed E-state index contributed by atoms with van der Waals surface area (Å²) in [7, 11) is 0. The molecule has 1 aromatic heterocycles. The van der Waals surface area contributed by atoms with Crippen LogP contribution in [0, 0.1) is 0 Å². The van der Waals surface area contributed by atoms with Gasteiger partial charge in [-0.3, -0.25) is 10.1 Å². The monoisotopic (exact) mass is 257 g/mol. The van der Waals surface area contributed by atoms with Crippen LogP contribution in [0.1, 0.15) is 19.3 Å². The molecule has 0 saturated heterocycles. The average molecular weight is 257 g/mol. The summed E-state index contributed by atoms with van der Waals surface area (Å²) >= 11 is 0.978. The van der Waals surface area contributed by atoms with Gasteiger partial charge in [0.1, 0.15) is 0 Å². The molecule has 0 bridgehead atoms. The summed E-state index contributed by atoms with van der Waals surface area (Å²) in [5, 5.41) is 18.4. The minimum Gasteiger partial charge on any atom is -0.481 e. The van der Waals surface area contributed by atoms with Crippen molar-refractivity contribution < 1.29 is 14.7 Å². The van der Waals surface area contributed by atoms with Gasteiger partial charge in [0, 0.05) is 24.1 Å². The number of carbonyl (C=O) groups excluding carboxylic acids is 1. The highest BCUT2D eigenvalue weighted by molar-refractivity contribution is 7.09. The van der Waals surface area contributed by atoms with Gasteiger partial charge in [0.25, 0.3) is 0 Å². The molecule has 2 N–H and O–H groups in total. The molecule has 0 aliphatic heterocycles. The minimum atomic E-state index is -0.916. The number of nitrogens with one attached hydrogen (secondary N) is 1.